The lowest BCUT2D eigenvalue weighted by Crippen LogP contribution is -2.25. The van der Waals surface area contributed by atoms with E-state index in [-0.39, 0.29) is 11.3 Å². The van der Waals surface area contributed by atoms with Crippen LogP contribution in [-0.2, 0) is 6.18 Å². The molecule has 1 N–H and O–H groups in total. The van der Waals surface area contributed by atoms with Gasteiger partial charge in [-0.1, -0.05) is 46.3 Å². The number of aromatic nitrogens is 2. The van der Waals surface area contributed by atoms with E-state index in [1.54, 1.807) is 30.3 Å². The fourth-order valence-corrected chi connectivity index (χ4v) is 3.22. The summed E-state index contributed by atoms with van der Waals surface area (Å²) < 4.78 is 42.4. The van der Waals surface area contributed by atoms with E-state index in [4.69, 9.17) is 0 Å². The van der Waals surface area contributed by atoms with Crippen molar-refractivity contribution < 1.29 is 18.1 Å². The van der Waals surface area contributed by atoms with Crippen LogP contribution in [0.25, 0.3) is 5.69 Å². The van der Waals surface area contributed by atoms with Crippen molar-refractivity contribution in [3.05, 3.63) is 96.4 Å². The van der Waals surface area contributed by atoms with E-state index in [2.05, 4.69) is 21.0 Å². The minimum absolute atomic E-state index is 0.194. The van der Waals surface area contributed by atoms with Gasteiger partial charge in [0.05, 0.1) is 17.2 Å². The highest BCUT2D eigenvalue weighted by Crippen LogP contribution is 2.35. The van der Waals surface area contributed by atoms with E-state index in [0.29, 0.717) is 4.47 Å². The van der Waals surface area contributed by atoms with E-state index in [1.165, 1.54) is 24.3 Å². The molecule has 0 radical (unpaired) electrons. The van der Waals surface area contributed by atoms with Crippen LogP contribution in [0.15, 0.2) is 63.9 Å². The lowest BCUT2D eigenvalue weighted by molar-refractivity contribution is -0.481. The molecule has 2 aromatic carbocycles. The van der Waals surface area contributed by atoms with Gasteiger partial charge in [0.1, 0.15) is 5.69 Å². The molecule has 0 aliphatic carbocycles. The number of rotatable bonds is 5. The van der Waals surface area contributed by atoms with Gasteiger partial charge >= 0.3 is 6.18 Å². The van der Waals surface area contributed by atoms with E-state index in [9.17, 15) is 28.1 Å². The molecule has 3 rings (SSSR count). The minimum Gasteiger partial charge on any atom is -0.286 e. The summed E-state index contributed by atoms with van der Waals surface area (Å²) in [6, 6.07) is 13.7. The van der Waals surface area contributed by atoms with E-state index < -0.39 is 40.4 Å². The van der Waals surface area contributed by atoms with Crippen LogP contribution in [0.2, 0.25) is 0 Å². The zero-order valence-electron chi connectivity index (χ0n) is 14.1. The van der Waals surface area contributed by atoms with Gasteiger partial charge in [-0.25, -0.2) is 4.68 Å². The Morgan fingerprint density at radius 3 is 2.25 bits per heavy atom. The third-order valence-corrected chi connectivity index (χ3v) is 4.71. The first-order valence-corrected chi connectivity index (χ1v) is 8.82. The predicted molar refractivity (Wildman–Crippen MR) is 99.2 cm³/mol. The highest BCUT2D eigenvalue weighted by atomic mass is 79.9. The average molecular weight is 456 g/mol. The summed E-state index contributed by atoms with van der Waals surface area (Å²) in [6.45, 7) is -0.855. The lowest BCUT2D eigenvalue weighted by Gasteiger charge is -2.14. The molecule has 1 heterocycles. The standard InChI is InChI=1S/C18H13BrF3N3O3/c19-12-8-6-11(7-9-12)14(10-24(27)28)15-16(18(20,21)22)23-25(17(15)26)13-4-2-1-3-5-13/h1-9,14,23H,10H2/t14-/m1/s1. The molecule has 0 bridgehead atoms. The molecule has 3 aromatic rings. The van der Waals surface area contributed by atoms with Gasteiger partial charge in [0, 0.05) is 9.40 Å². The van der Waals surface area contributed by atoms with Crippen molar-refractivity contribution in [3.63, 3.8) is 0 Å². The zero-order chi connectivity index (χ0) is 20.5. The molecule has 6 nitrogen and oxygen atoms in total. The van der Waals surface area contributed by atoms with Gasteiger partial charge in [-0.05, 0) is 29.8 Å². The molecule has 0 saturated heterocycles. The molecule has 0 spiro atoms. The molecule has 0 amide bonds. The van der Waals surface area contributed by atoms with Crippen LogP contribution in [0.3, 0.4) is 0 Å². The smallest absolute Gasteiger partial charge is 0.286 e. The van der Waals surface area contributed by atoms with Crippen molar-refractivity contribution in [2.24, 2.45) is 0 Å². The van der Waals surface area contributed by atoms with Crippen LogP contribution >= 0.6 is 15.9 Å². The van der Waals surface area contributed by atoms with Crippen LogP contribution in [0.4, 0.5) is 13.2 Å². The normalized spacial score (nSPS) is 12.7. The summed E-state index contributed by atoms with van der Waals surface area (Å²) in [5.74, 6) is -1.37. The van der Waals surface area contributed by atoms with Crippen molar-refractivity contribution in [1.29, 1.82) is 0 Å². The molecule has 28 heavy (non-hydrogen) atoms. The molecule has 10 heteroatoms. The van der Waals surface area contributed by atoms with Crippen molar-refractivity contribution in [2.75, 3.05) is 6.54 Å². The molecular weight excluding hydrogens is 443 g/mol. The van der Waals surface area contributed by atoms with Gasteiger partial charge in [0.15, 0.2) is 0 Å². The Morgan fingerprint density at radius 2 is 1.71 bits per heavy atom. The molecule has 1 aromatic heterocycles. The summed E-state index contributed by atoms with van der Waals surface area (Å²) >= 11 is 3.21. The summed E-state index contributed by atoms with van der Waals surface area (Å²) in [5, 5.41) is 13.3. The van der Waals surface area contributed by atoms with Gasteiger partial charge in [-0.3, -0.25) is 20.0 Å². The van der Waals surface area contributed by atoms with Gasteiger partial charge in [0.2, 0.25) is 6.54 Å². The fraction of sp³-hybridized carbons (Fsp3) is 0.167. The first-order chi connectivity index (χ1) is 13.2. The number of benzene rings is 2. The molecule has 0 aliphatic heterocycles. The fourth-order valence-electron chi connectivity index (χ4n) is 2.96. The second kappa shape index (κ2) is 7.63. The zero-order valence-corrected chi connectivity index (χ0v) is 15.7. The monoisotopic (exact) mass is 455 g/mol. The van der Waals surface area contributed by atoms with Gasteiger partial charge < -0.3 is 0 Å². The number of aromatic amines is 1. The molecule has 0 aliphatic rings. The summed E-state index contributed by atoms with van der Waals surface area (Å²) in [6.07, 6.45) is -4.89. The summed E-state index contributed by atoms with van der Waals surface area (Å²) in [4.78, 5) is 23.3. The molecular formula is C18H13BrF3N3O3. The van der Waals surface area contributed by atoms with E-state index in [1.807, 2.05) is 0 Å². The molecule has 146 valence electrons. The summed E-state index contributed by atoms with van der Waals surface area (Å²) in [7, 11) is 0. The Balaban J connectivity index is 2.27. The second-order valence-electron chi connectivity index (χ2n) is 5.99. The Kier molecular flexibility index (Phi) is 5.41. The Hall–Kier alpha value is -2.88. The number of hydrogen-bond acceptors (Lipinski definition) is 3. The predicted octanol–water partition coefficient (Wildman–Crippen LogP) is 4.36. The van der Waals surface area contributed by atoms with Crippen molar-refractivity contribution >= 4 is 15.9 Å². The molecule has 0 saturated carbocycles. The third kappa shape index (κ3) is 4.01. The Bertz CT molecular complexity index is 1040. The first-order valence-electron chi connectivity index (χ1n) is 8.03. The Morgan fingerprint density at radius 1 is 1.11 bits per heavy atom. The molecule has 0 fully saturated rings. The maximum absolute atomic E-state index is 13.7. The second-order valence-corrected chi connectivity index (χ2v) is 6.91. The molecule has 0 unspecified atom stereocenters. The maximum atomic E-state index is 13.7. The van der Waals surface area contributed by atoms with E-state index >= 15 is 0 Å². The van der Waals surface area contributed by atoms with Crippen molar-refractivity contribution in [2.45, 2.75) is 12.1 Å². The third-order valence-electron chi connectivity index (χ3n) is 4.18. The first kappa shape index (κ1) is 19.9. The number of H-pyrrole nitrogens is 1. The van der Waals surface area contributed by atoms with Crippen molar-refractivity contribution in [1.82, 2.24) is 9.78 Å². The number of nitrogens with one attached hydrogen (secondary N) is 1. The SMILES string of the molecule is O=c1c([C@H](C[N+](=O)[O-])c2ccc(Br)cc2)c(C(F)(F)F)[nH]n1-c1ccccc1. The molecule has 1 atom stereocenters. The van der Waals surface area contributed by atoms with Crippen LogP contribution < -0.4 is 5.56 Å². The van der Waals surface area contributed by atoms with E-state index in [0.717, 1.165) is 4.68 Å². The number of hydrogen-bond donors (Lipinski definition) is 1. The number of nitro groups is 1. The highest BCUT2D eigenvalue weighted by molar-refractivity contribution is 9.10. The summed E-state index contributed by atoms with van der Waals surface area (Å²) in [5.41, 5.74) is -2.53. The van der Waals surface area contributed by atoms with Gasteiger partial charge in [0.25, 0.3) is 5.56 Å². The van der Waals surface area contributed by atoms with Crippen LogP contribution in [0.1, 0.15) is 22.7 Å². The van der Waals surface area contributed by atoms with Gasteiger partial charge in [-0.15, -0.1) is 0 Å². The number of para-hydroxylation sites is 1. The van der Waals surface area contributed by atoms with Gasteiger partial charge in [-0.2, -0.15) is 13.2 Å². The Labute approximate surface area is 164 Å². The quantitative estimate of drug-likeness (QED) is 0.458. The number of alkyl halides is 3. The maximum Gasteiger partial charge on any atom is 0.433 e. The minimum atomic E-state index is -4.89. The number of halogens is 4. The van der Waals surface area contributed by atoms with Crippen molar-refractivity contribution in [3.8, 4) is 5.69 Å². The van der Waals surface area contributed by atoms with Crippen LogP contribution in [0.5, 0.6) is 0 Å². The van der Waals surface area contributed by atoms with Crippen LogP contribution in [-0.4, -0.2) is 21.2 Å². The van der Waals surface area contributed by atoms with Crippen LogP contribution in [0, 0.1) is 10.1 Å². The topological polar surface area (TPSA) is 80.9 Å². The lowest BCUT2D eigenvalue weighted by atomic mass is 9.91. The largest absolute Gasteiger partial charge is 0.433 e. The average Bonchev–Trinajstić information content (AvgIpc) is 2.98. The number of nitrogens with zero attached hydrogens (tertiary/aromatic N) is 2. The highest BCUT2D eigenvalue weighted by Gasteiger charge is 2.42.